The fourth-order valence-electron chi connectivity index (χ4n) is 1.55. The van der Waals surface area contributed by atoms with Gasteiger partial charge in [0.15, 0.2) is 0 Å². The number of carbonyl (C=O) groups is 2. The third kappa shape index (κ3) is 3.90. The number of esters is 2. The Labute approximate surface area is 101 Å². The van der Waals surface area contributed by atoms with E-state index in [0.717, 1.165) is 5.56 Å². The van der Waals surface area contributed by atoms with Gasteiger partial charge in [-0.25, -0.2) is 0 Å². The summed E-state index contributed by atoms with van der Waals surface area (Å²) in [4.78, 5) is 23.0. The highest BCUT2D eigenvalue weighted by Crippen LogP contribution is 2.21. The van der Waals surface area contributed by atoms with Crippen LogP contribution in [0.1, 0.15) is 24.8 Å². The van der Waals surface area contributed by atoms with Gasteiger partial charge >= 0.3 is 11.9 Å². The summed E-state index contributed by atoms with van der Waals surface area (Å²) in [5.74, 6) is -1.42. The average molecular weight is 236 g/mol. The second-order valence-corrected chi connectivity index (χ2v) is 3.50. The summed E-state index contributed by atoms with van der Waals surface area (Å²) in [7, 11) is 1.31. The first-order valence-electron chi connectivity index (χ1n) is 5.47. The minimum atomic E-state index is -0.597. The Bertz CT molecular complexity index is 372. The monoisotopic (exact) mass is 236 g/mol. The lowest BCUT2D eigenvalue weighted by Gasteiger charge is -2.13. The van der Waals surface area contributed by atoms with Crippen LogP contribution in [0.15, 0.2) is 30.3 Å². The van der Waals surface area contributed by atoms with E-state index in [-0.39, 0.29) is 6.42 Å². The van der Waals surface area contributed by atoms with E-state index >= 15 is 0 Å². The minimum Gasteiger partial charge on any atom is -0.469 e. The Morgan fingerprint density at radius 1 is 1.24 bits per heavy atom. The summed E-state index contributed by atoms with van der Waals surface area (Å²) in [5, 5.41) is 0. The second kappa shape index (κ2) is 6.68. The van der Waals surface area contributed by atoms with Crippen molar-refractivity contribution < 1.29 is 19.1 Å². The molecule has 1 aromatic rings. The molecule has 1 unspecified atom stereocenters. The van der Waals surface area contributed by atoms with E-state index < -0.39 is 17.9 Å². The number of rotatable bonds is 5. The first kappa shape index (κ1) is 13.2. The van der Waals surface area contributed by atoms with Crippen LogP contribution in [0.25, 0.3) is 0 Å². The van der Waals surface area contributed by atoms with E-state index in [1.807, 2.05) is 18.2 Å². The highest BCUT2D eigenvalue weighted by molar-refractivity contribution is 5.84. The molecule has 0 spiro atoms. The van der Waals surface area contributed by atoms with Crippen molar-refractivity contribution in [3.63, 3.8) is 0 Å². The molecule has 0 N–H and O–H groups in total. The molecule has 0 saturated heterocycles. The lowest BCUT2D eigenvalue weighted by molar-refractivity contribution is -0.150. The van der Waals surface area contributed by atoms with Crippen molar-refractivity contribution in [2.75, 3.05) is 13.7 Å². The molecule has 0 radical (unpaired) electrons. The van der Waals surface area contributed by atoms with E-state index in [1.165, 1.54) is 7.11 Å². The normalized spacial score (nSPS) is 11.6. The van der Waals surface area contributed by atoms with Gasteiger partial charge in [-0.2, -0.15) is 0 Å². The number of methoxy groups -OCH3 is 1. The molecular formula is C13H16O4. The van der Waals surface area contributed by atoms with Crippen molar-refractivity contribution >= 4 is 11.9 Å². The van der Waals surface area contributed by atoms with Crippen molar-refractivity contribution in [3.05, 3.63) is 35.9 Å². The van der Waals surface area contributed by atoms with E-state index in [4.69, 9.17) is 9.47 Å². The van der Waals surface area contributed by atoms with Crippen LogP contribution < -0.4 is 0 Å². The van der Waals surface area contributed by atoms with Crippen molar-refractivity contribution in [1.29, 1.82) is 0 Å². The molecule has 0 bridgehead atoms. The molecule has 92 valence electrons. The topological polar surface area (TPSA) is 52.6 Å². The zero-order valence-corrected chi connectivity index (χ0v) is 10.0. The highest BCUT2D eigenvalue weighted by Gasteiger charge is 2.24. The second-order valence-electron chi connectivity index (χ2n) is 3.50. The van der Waals surface area contributed by atoms with Crippen molar-refractivity contribution in [3.8, 4) is 0 Å². The van der Waals surface area contributed by atoms with Crippen molar-refractivity contribution in [2.24, 2.45) is 0 Å². The molecular weight excluding hydrogens is 220 g/mol. The largest absolute Gasteiger partial charge is 0.469 e. The molecule has 0 aromatic heterocycles. The SMILES string of the molecule is CCOC(=O)CC(C(=O)OC)c1ccccc1. The summed E-state index contributed by atoms with van der Waals surface area (Å²) in [6, 6.07) is 9.07. The van der Waals surface area contributed by atoms with Gasteiger partial charge in [0.1, 0.15) is 0 Å². The summed E-state index contributed by atoms with van der Waals surface area (Å²) in [5.41, 5.74) is 0.757. The van der Waals surface area contributed by atoms with Gasteiger partial charge in [-0.15, -0.1) is 0 Å². The van der Waals surface area contributed by atoms with Gasteiger partial charge in [-0.3, -0.25) is 9.59 Å². The fourth-order valence-corrected chi connectivity index (χ4v) is 1.55. The highest BCUT2D eigenvalue weighted by atomic mass is 16.5. The van der Waals surface area contributed by atoms with E-state index in [9.17, 15) is 9.59 Å². The van der Waals surface area contributed by atoms with Crippen LogP contribution in [0, 0.1) is 0 Å². The van der Waals surface area contributed by atoms with Crippen LogP contribution in [0.2, 0.25) is 0 Å². The molecule has 0 heterocycles. The molecule has 0 aliphatic heterocycles. The third-order valence-corrected chi connectivity index (χ3v) is 2.36. The molecule has 17 heavy (non-hydrogen) atoms. The van der Waals surface area contributed by atoms with Crippen molar-refractivity contribution in [1.82, 2.24) is 0 Å². The number of ether oxygens (including phenoxy) is 2. The van der Waals surface area contributed by atoms with Crippen LogP contribution in [0.4, 0.5) is 0 Å². The van der Waals surface area contributed by atoms with Crippen LogP contribution >= 0.6 is 0 Å². The standard InChI is InChI=1S/C13H16O4/c1-3-17-12(14)9-11(13(15)16-2)10-7-5-4-6-8-10/h4-8,11H,3,9H2,1-2H3. The van der Waals surface area contributed by atoms with Gasteiger partial charge < -0.3 is 9.47 Å². The van der Waals surface area contributed by atoms with Gasteiger partial charge in [-0.05, 0) is 12.5 Å². The van der Waals surface area contributed by atoms with Gasteiger partial charge in [0.25, 0.3) is 0 Å². The predicted molar refractivity (Wildman–Crippen MR) is 62.4 cm³/mol. The zero-order chi connectivity index (χ0) is 12.7. The Balaban J connectivity index is 2.82. The molecule has 4 heteroatoms. The summed E-state index contributed by atoms with van der Waals surface area (Å²) in [6.07, 6.45) is 0.00449. The maximum atomic E-state index is 11.6. The van der Waals surface area contributed by atoms with Crippen molar-refractivity contribution in [2.45, 2.75) is 19.3 Å². The predicted octanol–water partition coefficient (Wildman–Crippen LogP) is 1.90. The quantitative estimate of drug-likeness (QED) is 0.733. The Morgan fingerprint density at radius 2 is 1.88 bits per heavy atom. The lowest BCUT2D eigenvalue weighted by atomic mass is 9.96. The number of carbonyl (C=O) groups excluding carboxylic acids is 2. The molecule has 0 aliphatic rings. The fraction of sp³-hybridized carbons (Fsp3) is 0.385. The van der Waals surface area contributed by atoms with E-state index in [2.05, 4.69) is 0 Å². The molecule has 0 amide bonds. The van der Waals surface area contributed by atoms with Crippen LogP contribution in [-0.2, 0) is 19.1 Å². The average Bonchev–Trinajstić information content (AvgIpc) is 2.36. The molecule has 1 rings (SSSR count). The maximum absolute atomic E-state index is 11.6. The first-order chi connectivity index (χ1) is 8.19. The number of hydrogen-bond acceptors (Lipinski definition) is 4. The smallest absolute Gasteiger partial charge is 0.313 e. The molecule has 0 fully saturated rings. The minimum absolute atomic E-state index is 0.00449. The third-order valence-electron chi connectivity index (χ3n) is 2.36. The van der Waals surface area contributed by atoms with Gasteiger partial charge in [0, 0.05) is 0 Å². The number of hydrogen-bond donors (Lipinski definition) is 0. The Kier molecular flexibility index (Phi) is 5.20. The molecule has 1 atom stereocenters. The molecule has 0 saturated carbocycles. The van der Waals surface area contributed by atoms with E-state index in [0.29, 0.717) is 6.61 Å². The maximum Gasteiger partial charge on any atom is 0.313 e. The Morgan fingerprint density at radius 3 is 2.41 bits per heavy atom. The molecule has 1 aromatic carbocycles. The number of benzene rings is 1. The first-order valence-corrected chi connectivity index (χ1v) is 5.47. The van der Waals surface area contributed by atoms with Gasteiger partial charge in [-0.1, -0.05) is 30.3 Å². The van der Waals surface area contributed by atoms with Gasteiger partial charge in [0.05, 0.1) is 26.1 Å². The van der Waals surface area contributed by atoms with Crippen LogP contribution in [-0.4, -0.2) is 25.7 Å². The molecule has 0 aliphatic carbocycles. The lowest BCUT2D eigenvalue weighted by Crippen LogP contribution is -2.19. The van der Waals surface area contributed by atoms with E-state index in [1.54, 1.807) is 19.1 Å². The summed E-state index contributed by atoms with van der Waals surface area (Å²) < 4.78 is 9.54. The molecule has 4 nitrogen and oxygen atoms in total. The summed E-state index contributed by atoms with van der Waals surface area (Å²) in [6.45, 7) is 2.04. The van der Waals surface area contributed by atoms with Crippen LogP contribution in [0.3, 0.4) is 0 Å². The zero-order valence-electron chi connectivity index (χ0n) is 10.0. The van der Waals surface area contributed by atoms with Gasteiger partial charge in [0.2, 0.25) is 0 Å². The summed E-state index contributed by atoms with van der Waals surface area (Å²) >= 11 is 0. The van der Waals surface area contributed by atoms with Crippen LogP contribution in [0.5, 0.6) is 0 Å². The Hall–Kier alpha value is -1.84.